The molecule has 0 spiro atoms. The normalized spacial score (nSPS) is 33.0. The van der Waals surface area contributed by atoms with Crippen LogP contribution in [0.1, 0.15) is 19.8 Å². The van der Waals surface area contributed by atoms with Crippen LogP contribution >= 0.6 is 0 Å². The number of piperidine rings is 1. The van der Waals surface area contributed by atoms with Gasteiger partial charge in [0, 0.05) is 13.5 Å². The van der Waals surface area contributed by atoms with E-state index in [4.69, 9.17) is 0 Å². The number of fused-ring (bicyclic) bond motifs is 1. The number of likely N-dealkylation sites (tertiary alicyclic amines) is 1. The van der Waals surface area contributed by atoms with Gasteiger partial charge in [-0.1, -0.05) is 0 Å². The second kappa shape index (κ2) is 4.21. The smallest absolute Gasteiger partial charge is 0.654 e. The predicted octanol–water partition coefficient (Wildman–Crippen LogP) is -2.47. The fourth-order valence-electron chi connectivity index (χ4n) is 2.48. The summed E-state index contributed by atoms with van der Waals surface area (Å²) in [6.45, 7) is 2.24. The Balaban J connectivity index is 0.000000980. The zero-order valence-electron chi connectivity index (χ0n) is 8.91. The van der Waals surface area contributed by atoms with E-state index < -0.39 is 5.54 Å². The van der Waals surface area contributed by atoms with Crippen molar-refractivity contribution in [2.45, 2.75) is 25.3 Å². The Labute approximate surface area is 126 Å². The van der Waals surface area contributed by atoms with Gasteiger partial charge in [0.1, 0.15) is 0 Å². The summed E-state index contributed by atoms with van der Waals surface area (Å²) in [4.78, 5) is 24.5. The maximum atomic E-state index is 11.5. The number of likely N-dealkylation sites (N-methyl/N-ethyl adjacent to an activating group) is 1. The van der Waals surface area contributed by atoms with Crippen molar-refractivity contribution in [3.8, 4) is 0 Å². The van der Waals surface area contributed by atoms with Gasteiger partial charge in [0.15, 0.2) is 0 Å². The number of carbonyl (C=O) groups excluding carboxylic acids is 2. The predicted molar refractivity (Wildman–Crippen MR) is 47.1 cm³/mol. The Morgan fingerprint density at radius 2 is 2.14 bits per heavy atom. The first-order valence-corrected chi connectivity index (χ1v) is 4.55. The Kier molecular flexibility index (Phi) is 3.81. The molecule has 4 nitrogen and oxygen atoms in total. The molecular formula is C9H13KN2O2. The van der Waals surface area contributed by atoms with Gasteiger partial charge in [-0.2, -0.15) is 0 Å². The summed E-state index contributed by atoms with van der Waals surface area (Å²) in [5.41, 5.74) is -0.513. The van der Waals surface area contributed by atoms with Gasteiger partial charge in [-0.3, -0.25) is 4.79 Å². The maximum absolute atomic E-state index is 11.5. The molecule has 2 aliphatic rings. The number of nitrogens with zero attached hydrogens (tertiary/aromatic N) is 2. The molecule has 2 unspecified atom stereocenters. The van der Waals surface area contributed by atoms with Crippen LogP contribution in [0.25, 0.3) is 5.32 Å². The van der Waals surface area contributed by atoms with E-state index >= 15 is 0 Å². The summed E-state index contributed by atoms with van der Waals surface area (Å²) in [6, 6.07) is 0. The molecule has 5 heteroatoms. The zero-order valence-corrected chi connectivity index (χ0v) is 12.0. The van der Waals surface area contributed by atoms with Crippen molar-refractivity contribution in [2.24, 2.45) is 5.92 Å². The average Bonchev–Trinajstić information content (AvgIpc) is 2.71. The van der Waals surface area contributed by atoms with Gasteiger partial charge in [0.25, 0.3) is 0 Å². The van der Waals surface area contributed by atoms with Crippen molar-refractivity contribution < 1.29 is 61.0 Å². The standard InChI is InChI=1S/C9H14N2O2.K/c1-6(12)11-4-3-7-5-9(7,11)8(13)10-2;/h7H,3-5H2,1-2H3,(H,10,13);/q;+1/p-1. The topological polar surface area (TPSA) is 51.5 Å². The van der Waals surface area contributed by atoms with Crippen molar-refractivity contribution in [2.75, 3.05) is 13.6 Å². The Morgan fingerprint density at radius 1 is 1.50 bits per heavy atom. The molecule has 1 saturated heterocycles. The van der Waals surface area contributed by atoms with Crippen molar-refractivity contribution >= 4 is 11.8 Å². The summed E-state index contributed by atoms with van der Waals surface area (Å²) in [7, 11) is 1.50. The van der Waals surface area contributed by atoms with E-state index in [0.29, 0.717) is 5.92 Å². The van der Waals surface area contributed by atoms with Gasteiger partial charge in [0.05, 0.1) is 11.4 Å². The third-order valence-electron chi connectivity index (χ3n) is 3.21. The fraction of sp³-hybridized carbons (Fsp3) is 0.778. The van der Waals surface area contributed by atoms with E-state index in [1.165, 1.54) is 14.0 Å². The van der Waals surface area contributed by atoms with E-state index in [2.05, 4.69) is 5.32 Å². The molecule has 0 aromatic carbocycles. The van der Waals surface area contributed by atoms with Crippen molar-refractivity contribution in [3.63, 3.8) is 0 Å². The quantitative estimate of drug-likeness (QED) is 0.460. The average molecular weight is 220 g/mol. The monoisotopic (exact) mass is 220 g/mol. The molecule has 1 saturated carbocycles. The molecule has 0 bridgehead atoms. The number of rotatable bonds is 1. The van der Waals surface area contributed by atoms with Gasteiger partial charge in [0.2, 0.25) is 5.91 Å². The Morgan fingerprint density at radius 3 is 2.57 bits per heavy atom. The summed E-state index contributed by atoms with van der Waals surface area (Å²) in [5.74, 6) is 0.259. The van der Waals surface area contributed by atoms with Gasteiger partial charge in [-0.15, -0.1) is 7.05 Å². The van der Waals surface area contributed by atoms with Crippen LogP contribution in [0.3, 0.4) is 0 Å². The van der Waals surface area contributed by atoms with Crippen LogP contribution in [0.4, 0.5) is 0 Å². The molecule has 1 heterocycles. The van der Waals surface area contributed by atoms with E-state index in [-0.39, 0.29) is 63.2 Å². The van der Waals surface area contributed by atoms with E-state index in [9.17, 15) is 9.59 Å². The van der Waals surface area contributed by atoms with Crippen LogP contribution in [0.15, 0.2) is 0 Å². The van der Waals surface area contributed by atoms with E-state index in [0.717, 1.165) is 19.4 Å². The van der Waals surface area contributed by atoms with Crippen LogP contribution < -0.4 is 51.4 Å². The van der Waals surface area contributed by atoms with Crippen molar-refractivity contribution in [3.05, 3.63) is 5.32 Å². The molecule has 0 aromatic rings. The SMILES string of the molecule is C[N-]C(=O)C12CC1CCN2C(C)=O.[K+]. The number of hydrogen-bond donors (Lipinski definition) is 0. The molecule has 2 rings (SSSR count). The number of carbonyl (C=O) groups is 2. The molecule has 1 aliphatic carbocycles. The molecule has 0 N–H and O–H groups in total. The van der Waals surface area contributed by atoms with Crippen LogP contribution in [0, 0.1) is 5.92 Å². The van der Waals surface area contributed by atoms with Crippen LogP contribution in [-0.2, 0) is 9.59 Å². The largest absolute Gasteiger partial charge is 1.00 e. The first-order valence-electron chi connectivity index (χ1n) is 4.55. The summed E-state index contributed by atoms with van der Waals surface area (Å²) < 4.78 is 0. The van der Waals surface area contributed by atoms with Crippen molar-refractivity contribution in [1.82, 2.24) is 4.90 Å². The summed E-state index contributed by atoms with van der Waals surface area (Å²) >= 11 is 0. The minimum atomic E-state index is -0.513. The third-order valence-corrected chi connectivity index (χ3v) is 3.21. The molecule has 2 fully saturated rings. The number of hydrogen-bond acceptors (Lipinski definition) is 2. The Bertz CT molecular complexity index is 282. The second-order valence-corrected chi connectivity index (χ2v) is 3.81. The number of amides is 2. The van der Waals surface area contributed by atoms with Gasteiger partial charge >= 0.3 is 51.4 Å². The molecule has 0 aromatic heterocycles. The first-order chi connectivity index (χ1) is 6.13. The van der Waals surface area contributed by atoms with Gasteiger partial charge in [-0.25, -0.2) is 0 Å². The van der Waals surface area contributed by atoms with E-state index in [1.807, 2.05) is 0 Å². The molecule has 1 aliphatic heterocycles. The van der Waals surface area contributed by atoms with Crippen LogP contribution in [0.2, 0.25) is 0 Å². The van der Waals surface area contributed by atoms with Crippen LogP contribution in [-0.4, -0.2) is 35.8 Å². The molecular weight excluding hydrogens is 207 g/mol. The Hall–Kier alpha value is 0.576. The molecule has 2 atom stereocenters. The van der Waals surface area contributed by atoms with E-state index in [1.54, 1.807) is 4.90 Å². The minimum absolute atomic E-state index is 0. The second-order valence-electron chi connectivity index (χ2n) is 3.81. The first kappa shape index (κ1) is 12.6. The maximum Gasteiger partial charge on any atom is 1.00 e. The molecule has 0 radical (unpaired) electrons. The molecule has 2 amide bonds. The zero-order chi connectivity index (χ0) is 9.64. The van der Waals surface area contributed by atoms with Gasteiger partial charge < -0.3 is 15.0 Å². The van der Waals surface area contributed by atoms with Crippen molar-refractivity contribution in [1.29, 1.82) is 0 Å². The minimum Gasteiger partial charge on any atom is -0.654 e. The summed E-state index contributed by atoms with van der Waals surface area (Å²) in [5, 5.41) is 3.68. The van der Waals surface area contributed by atoms with Gasteiger partial charge in [-0.05, 0) is 18.8 Å². The molecule has 14 heavy (non-hydrogen) atoms. The third kappa shape index (κ3) is 1.59. The van der Waals surface area contributed by atoms with Crippen LogP contribution in [0.5, 0.6) is 0 Å². The summed E-state index contributed by atoms with van der Waals surface area (Å²) in [6.07, 6.45) is 1.78. The molecule has 72 valence electrons. The fourth-order valence-corrected chi connectivity index (χ4v) is 2.48.